The third kappa shape index (κ3) is 2.09. The van der Waals surface area contributed by atoms with Gasteiger partial charge in [0.05, 0.1) is 22.9 Å². The van der Waals surface area contributed by atoms with E-state index < -0.39 is 0 Å². The van der Waals surface area contributed by atoms with Crippen molar-refractivity contribution in [3.63, 3.8) is 0 Å². The number of anilines is 2. The minimum absolute atomic E-state index is 0.951. The molecule has 4 nitrogen and oxygen atoms in total. The number of benzene rings is 2. The molecule has 0 radical (unpaired) electrons. The Morgan fingerprint density at radius 2 is 1.91 bits per heavy atom. The number of hydrogen-bond donors (Lipinski definition) is 2. The largest absolute Gasteiger partial charge is 0.355 e. The second-order valence-corrected chi connectivity index (χ2v) is 5.33. The number of nitrogens with one attached hydrogen (secondary N) is 2. The van der Waals surface area contributed by atoms with Crippen LogP contribution in [0.15, 0.2) is 54.9 Å². The molecule has 2 aromatic carbocycles. The summed E-state index contributed by atoms with van der Waals surface area (Å²) in [4.78, 5) is 4.45. The van der Waals surface area contributed by atoms with Gasteiger partial charge in [0.1, 0.15) is 0 Å². The van der Waals surface area contributed by atoms with Gasteiger partial charge in [-0.1, -0.05) is 19.1 Å². The van der Waals surface area contributed by atoms with Gasteiger partial charge in [0.2, 0.25) is 0 Å². The van der Waals surface area contributed by atoms with Crippen molar-refractivity contribution in [2.24, 2.45) is 0 Å². The van der Waals surface area contributed by atoms with Gasteiger partial charge in [0.15, 0.2) is 0 Å². The predicted molar refractivity (Wildman–Crippen MR) is 90.5 cm³/mol. The molecule has 2 aromatic heterocycles. The van der Waals surface area contributed by atoms with E-state index in [1.54, 1.807) is 0 Å². The van der Waals surface area contributed by atoms with E-state index in [4.69, 9.17) is 0 Å². The Balaban J connectivity index is 1.84. The minimum atomic E-state index is 0.951. The van der Waals surface area contributed by atoms with Gasteiger partial charge in [-0.05, 0) is 42.3 Å². The number of aromatic amines is 1. The highest BCUT2D eigenvalue weighted by Gasteiger charge is 2.08. The maximum Gasteiger partial charge on any atom is 0.0765 e. The normalized spacial score (nSPS) is 11.1. The maximum absolute atomic E-state index is 4.45. The van der Waals surface area contributed by atoms with Gasteiger partial charge in [-0.25, -0.2) is 0 Å². The molecule has 4 heteroatoms. The van der Waals surface area contributed by atoms with E-state index in [-0.39, 0.29) is 0 Å². The van der Waals surface area contributed by atoms with Crippen LogP contribution < -0.4 is 5.32 Å². The molecule has 4 aromatic rings. The molecular weight excluding hydrogens is 272 g/mol. The highest BCUT2D eigenvalue weighted by molar-refractivity contribution is 6.10. The molecule has 0 saturated heterocycles. The van der Waals surface area contributed by atoms with E-state index in [1.165, 1.54) is 5.56 Å². The Morgan fingerprint density at radius 1 is 1.05 bits per heavy atom. The number of pyridine rings is 1. The van der Waals surface area contributed by atoms with Crippen molar-refractivity contribution in [3.8, 4) is 0 Å². The predicted octanol–water partition coefficient (Wildman–Crippen LogP) is 4.42. The van der Waals surface area contributed by atoms with Crippen LogP contribution in [0.4, 0.5) is 11.4 Å². The van der Waals surface area contributed by atoms with Crippen LogP contribution in [-0.4, -0.2) is 15.2 Å². The van der Waals surface area contributed by atoms with Crippen LogP contribution in [0.3, 0.4) is 0 Å². The summed E-state index contributed by atoms with van der Waals surface area (Å²) < 4.78 is 0. The Labute approximate surface area is 128 Å². The lowest BCUT2D eigenvalue weighted by Crippen LogP contribution is -1.93. The molecule has 0 bridgehead atoms. The van der Waals surface area contributed by atoms with Crippen molar-refractivity contribution in [1.82, 2.24) is 15.2 Å². The molecule has 0 fully saturated rings. The highest BCUT2D eigenvalue weighted by Crippen LogP contribution is 2.30. The van der Waals surface area contributed by atoms with E-state index in [0.717, 1.165) is 39.6 Å². The van der Waals surface area contributed by atoms with Gasteiger partial charge in [-0.15, -0.1) is 0 Å². The number of rotatable bonds is 3. The zero-order chi connectivity index (χ0) is 14.9. The fourth-order valence-electron chi connectivity index (χ4n) is 2.74. The number of H-pyrrole nitrogens is 1. The summed E-state index contributed by atoms with van der Waals surface area (Å²) in [5.74, 6) is 0. The zero-order valence-electron chi connectivity index (χ0n) is 12.3. The third-order valence-electron chi connectivity index (χ3n) is 3.96. The van der Waals surface area contributed by atoms with Crippen LogP contribution >= 0.6 is 0 Å². The fourth-order valence-corrected chi connectivity index (χ4v) is 2.74. The van der Waals surface area contributed by atoms with Crippen LogP contribution in [0.2, 0.25) is 0 Å². The van der Waals surface area contributed by atoms with Gasteiger partial charge >= 0.3 is 0 Å². The molecular formula is C18H16N4. The first-order valence-electron chi connectivity index (χ1n) is 7.42. The summed E-state index contributed by atoms with van der Waals surface area (Å²) in [7, 11) is 0. The van der Waals surface area contributed by atoms with Crippen molar-refractivity contribution in [1.29, 1.82) is 0 Å². The minimum Gasteiger partial charge on any atom is -0.355 e. The molecule has 2 heterocycles. The van der Waals surface area contributed by atoms with E-state index in [0.29, 0.717) is 0 Å². The van der Waals surface area contributed by atoms with Crippen molar-refractivity contribution in [3.05, 3.63) is 60.4 Å². The number of fused-ring (bicyclic) bond motifs is 3. The first kappa shape index (κ1) is 12.8. The average molecular weight is 288 g/mol. The van der Waals surface area contributed by atoms with Crippen LogP contribution in [0.5, 0.6) is 0 Å². The molecule has 22 heavy (non-hydrogen) atoms. The van der Waals surface area contributed by atoms with Crippen LogP contribution in [0.25, 0.3) is 21.8 Å². The quantitative estimate of drug-likeness (QED) is 0.587. The monoisotopic (exact) mass is 288 g/mol. The van der Waals surface area contributed by atoms with E-state index in [2.05, 4.69) is 51.7 Å². The standard InChI is InChI=1S/C18H16N4/c1-2-12-3-6-14(7-4-12)21-16-9-10-19-15-8-5-13-11-20-22-18(13)17(15)16/h3-11H,2H2,1H3,(H,19,21)(H,20,22). The van der Waals surface area contributed by atoms with Gasteiger partial charge in [0.25, 0.3) is 0 Å². The number of hydrogen-bond acceptors (Lipinski definition) is 3. The second kappa shape index (κ2) is 5.15. The van der Waals surface area contributed by atoms with E-state index in [1.807, 2.05) is 30.6 Å². The van der Waals surface area contributed by atoms with Crippen molar-refractivity contribution in [2.75, 3.05) is 5.32 Å². The van der Waals surface area contributed by atoms with Crippen molar-refractivity contribution >= 4 is 33.2 Å². The third-order valence-corrected chi connectivity index (χ3v) is 3.96. The van der Waals surface area contributed by atoms with Gasteiger partial charge < -0.3 is 5.32 Å². The number of nitrogens with zero attached hydrogens (tertiary/aromatic N) is 2. The second-order valence-electron chi connectivity index (χ2n) is 5.33. The molecule has 0 aliphatic heterocycles. The van der Waals surface area contributed by atoms with Gasteiger partial charge in [-0.2, -0.15) is 5.10 Å². The van der Waals surface area contributed by atoms with Crippen molar-refractivity contribution in [2.45, 2.75) is 13.3 Å². The molecule has 0 saturated carbocycles. The first-order chi connectivity index (χ1) is 10.8. The smallest absolute Gasteiger partial charge is 0.0765 e. The molecule has 0 spiro atoms. The lowest BCUT2D eigenvalue weighted by molar-refractivity contribution is 1.12. The average Bonchev–Trinajstić information content (AvgIpc) is 3.04. The summed E-state index contributed by atoms with van der Waals surface area (Å²) in [5.41, 5.74) is 5.40. The maximum atomic E-state index is 4.45. The summed E-state index contributed by atoms with van der Waals surface area (Å²) >= 11 is 0. The topological polar surface area (TPSA) is 53.6 Å². The summed E-state index contributed by atoms with van der Waals surface area (Å²) in [6.45, 7) is 2.16. The van der Waals surface area contributed by atoms with Gasteiger partial charge in [-0.3, -0.25) is 10.1 Å². The molecule has 2 N–H and O–H groups in total. The lowest BCUT2D eigenvalue weighted by atomic mass is 10.1. The summed E-state index contributed by atoms with van der Waals surface area (Å²) in [5, 5.41) is 12.9. The van der Waals surface area contributed by atoms with E-state index >= 15 is 0 Å². The first-order valence-corrected chi connectivity index (χ1v) is 7.42. The Kier molecular flexibility index (Phi) is 3.00. The molecule has 0 aliphatic carbocycles. The number of aryl methyl sites for hydroxylation is 1. The molecule has 108 valence electrons. The Hall–Kier alpha value is -2.88. The van der Waals surface area contributed by atoms with Crippen LogP contribution in [-0.2, 0) is 6.42 Å². The SMILES string of the molecule is CCc1ccc(Nc2ccnc3ccc4cn[nH]c4c23)cc1. The Bertz CT molecular complexity index is 938. The van der Waals surface area contributed by atoms with Crippen LogP contribution in [0, 0.1) is 0 Å². The molecule has 0 atom stereocenters. The number of aromatic nitrogens is 3. The molecule has 0 amide bonds. The molecule has 0 unspecified atom stereocenters. The molecule has 4 rings (SSSR count). The van der Waals surface area contributed by atoms with Crippen molar-refractivity contribution < 1.29 is 0 Å². The fraction of sp³-hybridized carbons (Fsp3) is 0.111. The van der Waals surface area contributed by atoms with Gasteiger partial charge in [0, 0.05) is 22.7 Å². The summed E-state index contributed by atoms with van der Waals surface area (Å²) in [6.07, 6.45) is 4.71. The lowest BCUT2D eigenvalue weighted by Gasteiger charge is -2.10. The van der Waals surface area contributed by atoms with Crippen LogP contribution in [0.1, 0.15) is 12.5 Å². The summed E-state index contributed by atoms with van der Waals surface area (Å²) in [6, 6.07) is 14.6. The molecule has 0 aliphatic rings. The Morgan fingerprint density at radius 3 is 2.73 bits per heavy atom. The zero-order valence-corrected chi connectivity index (χ0v) is 12.3. The highest BCUT2D eigenvalue weighted by atomic mass is 15.1. The van der Waals surface area contributed by atoms with E-state index in [9.17, 15) is 0 Å².